The number of carbonyl (C=O) groups is 1. The van der Waals surface area contributed by atoms with Gasteiger partial charge in [-0.05, 0) is 47.8 Å². The van der Waals surface area contributed by atoms with Crippen molar-refractivity contribution in [1.82, 2.24) is 9.88 Å². The van der Waals surface area contributed by atoms with Gasteiger partial charge in [0.15, 0.2) is 11.9 Å². The predicted molar refractivity (Wildman–Crippen MR) is 67.8 cm³/mol. The molecule has 1 aromatic heterocycles. The number of likely N-dealkylation sites (tertiary alicyclic amines) is 1. The molecule has 0 bridgehead atoms. The van der Waals surface area contributed by atoms with E-state index < -0.39 is 6.10 Å². The smallest absolute Gasteiger partial charge is 0.263 e. The van der Waals surface area contributed by atoms with Crippen LogP contribution in [0.25, 0.3) is 0 Å². The highest BCUT2D eigenvalue weighted by Crippen LogP contribution is 2.23. The Morgan fingerprint density at radius 3 is 2.88 bits per heavy atom. The van der Waals surface area contributed by atoms with Gasteiger partial charge in [-0.25, -0.2) is 4.98 Å². The van der Waals surface area contributed by atoms with E-state index in [2.05, 4.69) is 20.9 Å². The monoisotopic (exact) mass is 298 g/mol. The average molecular weight is 299 g/mol. The van der Waals surface area contributed by atoms with Gasteiger partial charge in [-0.1, -0.05) is 0 Å². The van der Waals surface area contributed by atoms with Crippen LogP contribution < -0.4 is 4.74 Å². The number of pyridine rings is 1. The first-order chi connectivity index (χ1) is 8.18. The first-order valence-corrected chi connectivity index (χ1v) is 6.54. The number of hydrogen-bond donors (Lipinski definition) is 0. The zero-order valence-corrected chi connectivity index (χ0v) is 11.3. The summed E-state index contributed by atoms with van der Waals surface area (Å²) < 4.78 is 6.24. The fourth-order valence-electron chi connectivity index (χ4n) is 1.89. The molecule has 0 aromatic carbocycles. The van der Waals surface area contributed by atoms with Gasteiger partial charge in [0, 0.05) is 19.3 Å². The number of halogens is 1. The lowest BCUT2D eigenvalue weighted by atomic mass is 10.3. The van der Waals surface area contributed by atoms with Gasteiger partial charge in [-0.15, -0.1) is 0 Å². The molecular formula is C12H15BrN2O2. The summed E-state index contributed by atoms with van der Waals surface area (Å²) in [7, 11) is 0. The van der Waals surface area contributed by atoms with Crippen LogP contribution in [0.5, 0.6) is 5.75 Å². The van der Waals surface area contributed by atoms with Crippen molar-refractivity contribution >= 4 is 21.8 Å². The van der Waals surface area contributed by atoms with E-state index >= 15 is 0 Å². The van der Waals surface area contributed by atoms with Crippen molar-refractivity contribution in [2.75, 3.05) is 13.1 Å². The van der Waals surface area contributed by atoms with Gasteiger partial charge in [-0.2, -0.15) is 0 Å². The van der Waals surface area contributed by atoms with E-state index in [4.69, 9.17) is 4.74 Å². The molecule has 1 amide bonds. The van der Waals surface area contributed by atoms with Crippen molar-refractivity contribution in [2.45, 2.75) is 25.9 Å². The molecule has 0 spiro atoms. The molecule has 2 heterocycles. The van der Waals surface area contributed by atoms with Crippen LogP contribution in [0.3, 0.4) is 0 Å². The molecule has 17 heavy (non-hydrogen) atoms. The van der Waals surface area contributed by atoms with Crippen LogP contribution in [0.1, 0.15) is 19.8 Å². The summed E-state index contributed by atoms with van der Waals surface area (Å²) in [6.45, 7) is 3.47. The summed E-state index contributed by atoms with van der Waals surface area (Å²) in [4.78, 5) is 17.9. The summed E-state index contributed by atoms with van der Waals surface area (Å²) in [5.41, 5.74) is 0. The standard InChI is InChI=1S/C12H15BrN2O2/c1-9(12(16)15-7-2-3-8-15)17-10-5-4-6-14-11(10)13/h4-6,9H,2-3,7-8H2,1H3. The Morgan fingerprint density at radius 1 is 1.53 bits per heavy atom. The van der Waals surface area contributed by atoms with Crippen LogP contribution in [0.4, 0.5) is 0 Å². The fraction of sp³-hybridized carbons (Fsp3) is 0.500. The van der Waals surface area contributed by atoms with Gasteiger partial charge < -0.3 is 9.64 Å². The van der Waals surface area contributed by atoms with Gasteiger partial charge in [0.2, 0.25) is 0 Å². The Hall–Kier alpha value is -1.10. The van der Waals surface area contributed by atoms with Crippen LogP contribution >= 0.6 is 15.9 Å². The lowest BCUT2D eigenvalue weighted by Crippen LogP contribution is -2.38. The Bertz CT molecular complexity index is 405. The fourth-order valence-corrected chi connectivity index (χ4v) is 2.24. The van der Waals surface area contributed by atoms with E-state index in [0.29, 0.717) is 10.4 Å². The molecule has 0 radical (unpaired) electrons. The largest absolute Gasteiger partial charge is 0.478 e. The molecule has 1 aromatic rings. The summed E-state index contributed by atoms with van der Waals surface area (Å²) >= 11 is 3.30. The number of rotatable bonds is 3. The maximum absolute atomic E-state index is 12.0. The van der Waals surface area contributed by atoms with Gasteiger partial charge in [0.05, 0.1) is 0 Å². The first kappa shape index (κ1) is 12.4. The number of aromatic nitrogens is 1. The number of amides is 1. The van der Waals surface area contributed by atoms with Gasteiger partial charge in [-0.3, -0.25) is 4.79 Å². The van der Waals surface area contributed by atoms with Crippen LogP contribution in [-0.2, 0) is 4.79 Å². The van der Waals surface area contributed by atoms with E-state index in [1.54, 1.807) is 25.3 Å². The van der Waals surface area contributed by atoms with Gasteiger partial charge >= 0.3 is 0 Å². The highest BCUT2D eigenvalue weighted by atomic mass is 79.9. The maximum atomic E-state index is 12.0. The van der Waals surface area contributed by atoms with Crippen LogP contribution in [0.2, 0.25) is 0 Å². The van der Waals surface area contributed by atoms with Crippen LogP contribution in [-0.4, -0.2) is 35.0 Å². The topological polar surface area (TPSA) is 42.4 Å². The second-order valence-corrected chi connectivity index (χ2v) is 4.84. The van der Waals surface area contributed by atoms with Gasteiger partial charge in [0.25, 0.3) is 5.91 Å². The second kappa shape index (κ2) is 5.49. The molecule has 1 unspecified atom stereocenters. The summed E-state index contributed by atoms with van der Waals surface area (Å²) in [6.07, 6.45) is 3.39. The van der Waals surface area contributed by atoms with Crippen LogP contribution in [0.15, 0.2) is 22.9 Å². The minimum absolute atomic E-state index is 0.0539. The molecule has 1 aliphatic rings. The quantitative estimate of drug-likeness (QED) is 0.804. The lowest BCUT2D eigenvalue weighted by Gasteiger charge is -2.21. The molecule has 0 aliphatic carbocycles. The minimum atomic E-state index is -0.464. The molecule has 5 heteroatoms. The van der Waals surface area contributed by atoms with Gasteiger partial charge in [0.1, 0.15) is 4.60 Å². The van der Waals surface area contributed by atoms with Crippen molar-refractivity contribution in [3.8, 4) is 5.75 Å². The molecule has 1 aliphatic heterocycles. The van der Waals surface area contributed by atoms with E-state index in [0.717, 1.165) is 25.9 Å². The average Bonchev–Trinajstić information content (AvgIpc) is 2.84. The SMILES string of the molecule is CC(Oc1cccnc1Br)C(=O)N1CCCC1. The van der Waals surface area contributed by atoms with Crippen molar-refractivity contribution in [2.24, 2.45) is 0 Å². The highest BCUT2D eigenvalue weighted by Gasteiger charge is 2.24. The Balaban J connectivity index is 1.99. The molecule has 4 nitrogen and oxygen atoms in total. The Morgan fingerprint density at radius 2 is 2.24 bits per heavy atom. The third-order valence-corrected chi connectivity index (χ3v) is 3.39. The molecule has 0 saturated carbocycles. The third-order valence-electron chi connectivity index (χ3n) is 2.79. The number of hydrogen-bond acceptors (Lipinski definition) is 3. The summed E-state index contributed by atoms with van der Waals surface area (Å²) in [5, 5.41) is 0. The van der Waals surface area contributed by atoms with E-state index in [1.807, 2.05) is 4.90 Å². The zero-order chi connectivity index (χ0) is 12.3. The molecule has 1 atom stereocenters. The number of carbonyl (C=O) groups excluding carboxylic acids is 1. The molecule has 1 fully saturated rings. The molecule has 2 rings (SSSR count). The second-order valence-electron chi connectivity index (χ2n) is 4.08. The minimum Gasteiger partial charge on any atom is -0.478 e. The maximum Gasteiger partial charge on any atom is 0.263 e. The third kappa shape index (κ3) is 2.97. The van der Waals surface area contributed by atoms with E-state index in [9.17, 15) is 4.79 Å². The summed E-state index contributed by atoms with van der Waals surface area (Å²) in [5.74, 6) is 0.658. The van der Waals surface area contributed by atoms with Crippen molar-refractivity contribution in [3.63, 3.8) is 0 Å². The molecular weight excluding hydrogens is 284 g/mol. The lowest BCUT2D eigenvalue weighted by molar-refractivity contribution is -0.136. The number of nitrogens with zero attached hydrogens (tertiary/aromatic N) is 2. The van der Waals surface area contributed by atoms with Crippen molar-refractivity contribution in [1.29, 1.82) is 0 Å². The Labute approximate surface area is 109 Å². The van der Waals surface area contributed by atoms with E-state index in [-0.39, 0.29) is 5.91 Å². The number of ether oxygens (including phenoxy) is 1. The normalized spacial score (nSPS) is 16.9. The first-order valence-electron chi connectivity index (χ1n) is 5.74. The predicted octanol–water partition coefficient (Wildman–Crippen LogP) is 2.23. The van der Waals surface area contributed by atoms with E-state index in [1.165, 1.54) is 0 Å². The molecule has 0 N–H and O–H groups in total. The molecule has 1 saturated heterocycles. The van der Waals surface area contributed by atoms with Crippen molar-refractivity contribution in [3.05, 3.63) is 22.9 Å². The highest BCUT2D eigenvalue weighted by molar-refractivity contribution is 9.10. The molecule has 92 valence electrons. The van der Waals surface area contributed by atoms with Crippen molar-refractivity contribution < 1.29 is 9.53 Å². The summed E-state index contributed by atoms with van der Waals surface area (Å²) in [6, 6.07) is 3.58. The van der Waals surface area contributed by atoms with Crippen LogP contribution in [0, 0.1) is 0 Å². The Kier molecular flexibility index (Phi) is 3.99. The zero-order valence-electron chi connectivity index (χ0n) is 9.73.